The number of thioether (sulfide) groups is 1. The summed E-state index contributed by atoms with van der Waals surface area (Å²) in [5.74, 6) is 2.64. The van der Waals surface area contributed by atoms with E-state index in [0.29, 0.717) is 6.61 Å². The van der Waals surface area contributed by atoms with Crippen molar-refractivity contribution in [3.05, 3.63) is 0 Å². The van der Waals surface area contributed by atoms with Gasteiger partial charge in [0.15, 0.2) is 0 Å². The summed E-state index contributed by atoms with van der Waals surface area (Å²) in [6.45, 7) is 2.60. The Kier molecular flexibility index (Phi) is 11.6. The van der Waals surface area contributed by atoms with E-state index in [4.69, 9.17) is 5.11 Å². The first kappa shape index (κ1) is 12.3. The lowest BCUT2D eigenvalue weighted by Gasteiger charge is -1.99. The van der Waals surface area contributed by atoms with Gasteiger partial charge >= 0.3 is 0 Å². The fraction of sp³-hybridized carbons (Fsp3) is 1.00. The molecule has 0 amide bonds. The van der Waals surface area contributed by atoms with Gasteiger partial charge in [-0.15, -0.1) is 0 Å². The smallest absolute Gasteiger partial charge is 0.0431 e. The average molecular weight is 190 g/mol. The van der Waals surface area contributed by atoms with Gasteiger partial charge in [0.2, 0.25) is 0 Å². The minimum Gasteiger partial charge on any atom is -0.396 e. The summed E-state index contributed by atoms with van der Waals surface area (Å²) >= 11 is 2.07. The highest BCUT2D eigenvalue weighted by Crippen LogP contribution is 2.09. The van der Waals surface area contributed by atoms with Gasteiger partial charge in [-0.25, -0.2) is 0 Å². The highest BCUT2D eigenvalue weighted by atomic mass is 32.2. The molecule has 0 saturated heterocycles. The van der Waals surface area contributed by atoms with Crippen LogP contribution in [0.4, 0.5) is 0 Å². The molecule has 1 nitrogen and oxygen atoms in total. The van der Waals surface area contributed by atoms with Gasteiger partial charge in [-0.05, 0) is 30.8 Å². The van der Waals surface area contributed by atoms with Crippen LogP contribution in [0.1, 0.15) is 45.4 Å². The van der Waals surface area contributed by atoms with E-state index in [1.54, 1.807) is 0 Å². The van der Waals surface area contributed by atoms with E-state index in [-0.39, 0.29) is 0 Å². The zero-order valence-corrected chi connectivity index (χ0v) is 9.04. The van der Waals surface area contributed by atoms with Crippen LogP contribution in [-0.4, -0.2) is 23.2 Å². The Bertz CT molecular complexity index is 66.2. The van der Waals surface area contributed by atoms with Crippen molar-refractivity contribution in [2.45, 2.75) is 45.4 Å². The Hall–Kier alpha value is 0.310. The summed E-state index contributed by atoms with van der Waals surface area (Å²) < 4.78 is 0. The molecule has 0 aromatic rings. The second-order valence-corrected chi connectivity index (χ2v) is 4.33. The first-order chi connectivity index (χ1) is 5.91. The molecule has 0 heterocycles. The predicted octanol–water partition coefficient (Wildman–Crippen LogP) is 3.07. The Morgan fingerprint density at radius 2 is 1.58 bits per heavy atom. The molecule has 0 aliphatic rings. The normalized spacial score (nSPS) is 10.5. The van der Waals surface area contributed by atoms with Crippen molar-refractivity contribution in [2.75, 3.05) is 18.1 Å². The Morgan fingerprint density at radius 3 is 2.25 bits per heavy atom. The van der Waals surface area contributed by atoms with Crippen molar-refractivity contribution in [3.63, 3.8) is 0 Å². The lowest BCUT2D eigenvalue weighted by atomic mass is 10.2. The number of unbranched alkanes of at least 4 members (excludes halogenated alkanes) is 4. The van der Waals surface area contributed by atoms with Crippen LogP contribution in [0.3, 0.4) is 0 Å². The van der Waals surface area contributed by atoms with E-state index < -0.39 is 0 Å². The van der Waals surface area contributed by atoms with Gasteiger partial charge in [-0.1, -0.05) is 26.2 Å². The Morgan fingerprint density at radius 1 is 0.917 bits per heavy atom. The van der Waals surface area contributed by atoms with Crippen molar-refractivity contribution >= 4 is 11.8 Å². The van der Waals surface area contributed by atoms with Crippen LogP contribution < -0.4 is 0 Å². The Labute approximate surface area is 80.9 Å². The molecule has 0 saturated carbocycles. The fourth-order valence-corrected chi connectivity index (χ4v) is 2.12. The minimum absolute atomic E-state index is 0.364. The average Bonchev–Trinajstić information content (AvgIpc) is 2.10. The first-order valence-electron chi connectivity index (χ1n) is 5.10. The van der Waals surface area contributed by atoms with Gasteiger partial charge in [-0.2, -0.15) is 11.8 Å². The van der Waals surface area contributed by atoms with Gasteiger partial charge in [0.25, 0.3) is 0 Å². The topological polar surface area (TPSA) is 20.2 Å². The molecular formula is C10H22OS. The van der Waals surface area contributed by atoms with Crippen molar-refractivity contribution < 1.29 is 5.11 Å². The van der Waals surface area contributed by atoms with Crippen molar-refractivity contribution in [1.82, 2.24) is 0 Å². The van der Waals surface area contributed by atoms with Gasteiger partial charge in [0.1, 0.15) is 0 Å². The van der Waals surface area contributed by atoms with Gasteiger partial charge < -0.3 is 5.11 Å². The van der Waals surface area contributed by atoms with Crippen molar-refractivity contribution in [3.8, 4) is 0 Å². The largest absolute Gasteiger partial charge is 0.396 e. The van der Waals surface area contributed by atoms with Gasteiger partial charge in [0, 0.05) is 6.61 Å². The number of hydrogen-bond donors (Lipinski definition) is 1. The van der Waals surface area contributed by atoms with Gasteiger partial charge in [-0.3, -0.25) is 0 Å². The molecule has 0 atom stereocenters. The summed E-state index contributed by atoms with van der Waals surface area (Å²) in [6, 6.07) is 0. The molecule has 1 N–H and O–H groups in total. The third kappa shape index (κ3) is 10.3. The molecule has 2 heteroatoms. The van der Waals surface area contributed by atoms with E-state index in [9.17, 15) is 0 Å². The fourth-order valence-electron chi connectivity index (χ4n) is 1.02. The number of rotatable bonds is 9. The van der Waals surface area contributed by atoms with Crippen molar-refractivity contribution in [2.24, 2.45) is 0 Å². The zero-order valence-electron chi connectivity index (χ0n) is 8.22. The predicted molar refractivity (Wildman–Crippen MR) is 57.8 cm³/mol. The van der Waals surface area contributed by atoms with E-state index in [2.05, 4.69) is 18.7 Å². The highest BCUT2D eigenvalue weighted by Gasteiger charge is 1.90. The number of aliphatic hydroxyl groups excluding tert-OH is 1. The molecule has 74 valence electrons. The van der Waals surface area contributed by atoms with Crippen molar-refractivity contribution in [1.29, 1.82) is 0 Å². The summed E-state index contributed by atoms with van der Waals surface area (Å²) in [5.41, 5.74) is 0. The lowest BCUT2D eigenvalue weighted by molar-refractivity contribution is 0.283. The van der Waals surface area contributed by atoms with E-state index in [1.807, 2.05) is 0 Å². The maximum absolute atomic E-state index is 8.53. The molecule has 0 fully saturated rings. The molecule has 0 rings (SSSR count). The summed E-state index contributed by atoms with van der Waals surface area (Å²) in [4.78, 5) is 0. The third-order valence-electron chi connectivity index (χ3n) is 1.84. The summed E-state index contributed by atoms with van der Waals surface area (Å²) in [7, 11) is 0. The lowest BCUT2D eigenvalue weighted by Crippen LogP contribution is -1.86. The second-order valence-electron chi connectivity index (χ2n) is 3.10. The summed E-state index contributed by atoms with van der Waals surface area (Å²) in [6.07, 6.45) is 7.48. The van der Waals surface area contributed by atoms with Crippen LogP contribution in [0.5, 0.6) is 0 Å². The molecule has 0 bridgehead atoms. The monoisotopic (exact) mass is 190 g/mol. The first-order valence-corrected chi connectivity index (χ1v) is 6.26. The summed E-state index contributed by atoms with van der Waals surface area (Å²) in [5, 5.41) is 8.53. The molecule has 0 unspecified atom stereocenters. The van der Waals surface area contributed by atoms with E-state index in [0.717, 1.165) is 6.42 Å². The molecule has 0 aromatic heterocycles. The van der Waals surface area contributed by atoms with E-state index >= 15 is 0 Å². The molecule has 12 heavy (non-hydrogen) atoms. The standard InChI is InChI=1S/C10H22OS/c1-2-3-9-12-10-7-5-4-6-8-11/h11H,2-10H2,1H3. The van der Waals surface area contributed by atoms with Crippen LogP contribution in [0.2, 0.25) is 0 Å². The van der Waals surface area contributed by atoms with Crippen LogP contribution in [0.25, 0.3) is 0 Å². The molecule has 0 aliphatic heterocycles. The highest BCUT2D eigenvalue weighted by molar-refractivity contribution is 7.99. The molecular weight excluding hydrogens is 168 g/mol. The maximum atomic E-state index is 8.53. The van der Waals surface area contributed by atoms with Crippen LogP contribution >= 0.6 is 11.8 Å². The van der Waals surface area contributed by atoms with Crippen LogP contribution in [0, 0.1) is 0 Å². The third-order valence-corrected chi connectivity index (χ3v) is 2.99. The van der Waals surface area contributed by atoms with Crippen LogP contribution in [-0.2, 0) is 0 Å². The second kappa shape index (κ2) is 11.3. The Balaban J connectivity index is 2.73. The molecule has 0 aliphatic carbocycles. The van der Waals surface area contributed by atoms with Gasteiger partial charge in [0.05, 0.1) is 0 Å². The molecule has 0 aromatic carbocycles. The van der Waals surface area contributed by atoms with E-state index in [1.165, 1.54) is 43.6 Å². The minimum atomic E-state index is 0.364. The number of hydrogen-bond acceptors (Lipinski definition) is 2. The quantitative estimate of drug-likeness (QED) is 0.564. The molecule has 0 radical (unpaired) electrons. The number of aliphatic hydroxyl groups is 1. The SMILES string of the molecule is CCCCSCCCCCCO. The zero-order chi connectivity index (χ0) is 9.07. The molecule has 0 spiro atoms. The van der Waals surface area contributed by atoms with Crippen LogP contribution in [0.15, 0.2) is 0 Å². The maximum Gasteiger partial charge on any atom is 0.0431 e.